The SMILES string of the molecule is CCN1CCOC(CNC(=O)c2ccc(OC)cc2O)C1. The van der Waals surface area contributed by atoms with Crippen molar-refractivity contribution in [2.24, 2.45) is 0 Å². The summed E-state index contributed by atoms with van der Waals surface area (Å²) in [6.45, 7) is 5.94. The molecule has 0 aliphatic carbocycles. The molecular formula is C15H22N2O4. The fourth-order valence-corrected chi connectivity index (χ4v) is 2.32. The molecule has 1 saturated heterocycles. The maximum Gasteiger partial charge on any atom is 0.255 e. The number of methoxy groups -OCH3 is 1. The molecule has 1 heterocycles. The molecule has 1 atom stereocenters. The molecule has 0 bridgehead atoms. The second-order valence-corrected chi connectivity index (χ2v) is 4.98. The van der Waals surface area contributed by atoms with Gasteiger partial charge in [-0.1, -0.05) is 6.92 Å². The first-order valence-electron chi connectivity index (χ1n) is 7.13. The predicted molar refractivity (Wildman–Crippen MR) is 78.8 cm³/mol. The van der Waals surface area contributed by atoms with Crippen LogP contribution in [0.3, 0.4) is 0 Å². The average Bonchev–Trinajstić information content (AvgIpc) is 2.52. The number of hydrogen-bond donors (Lipinski definition) is 2. The van der Waals surface area contributed by atoms with Crippen LogP contribution in [0.25, 0.3) is 0 Å². The highest BCUT2D eigenvalue weighted by atomic mass is 16.5. The number of carbonyl (C=O) groups is 1. The van der Waals surface area contributed by atoms with Gasteiger partial charge in [0.15, 0.2) is 0 Å². The Morgan fingerprint density at radius 3 is 3.05 bits per heavy atom. The van der Waals surface area contributed by atoms with Crippen LogP contribution in [0.1, 0.15) is 17.3 Å². The zero-order valence-corrected chi connectivity index (χ0v) is 12.5. The smallest absolute Gasteiger partial charge is 0.255 e. The van der Waals surface area contributed by atoms with Crippen LogP contribution in [0.5, 0.6) is 11.5 Å². The van der Waals surface area contributed by atoms with Gasteiger partial charge in [-0.2, -0.15) is 0 Å². The van der Waals surface area contributed by atoms with E-state index in [1.165, 1.54) is 13.2 Å². The Morgan fingerprint density at radius 2 is 2.38 bits per heavy atom. The maximum atomic E-state index is 12.1. The summed E-state index contributed by atoms with van der Waals surface area (Å²) in [6, 6.07) is 4.61. The number of carbonyl (C=O) groups excluding carboxylic acids is 1. The maximum absolute atomic E-state index is 12.1. The first-order chi connectivity index (χ1) is 10.1. The molecule has 0 saturated carbocycles. The Hall–Kier alpha value is -1.79. The lowest BCUT2D eigenvalue weighted by atomic mass is 10.1. The molecule has 2 N–H and O–H groups in total. The van der Waals surface area contributed by atoms with Gasteiger partial charge < -0.3 is 19.9 Å². The minimum Gasteiger partial charge on any atom is -0.507 e. The summed E-state index contributed by atoms with van der Waals surface area (Å²) in [5.41, 5.74) is 0.235. The molecule has 21 heavy (non-hydrogen) atoms. The third kappa shape index (κ3) is 4.09. The zero-order valence-electron chi connectivity index (χ0n) is 12.5. The van der Waals surface area contributed by atoms with Crippen molar-refractivity contribution in [1.29, 1.82) is 0 Å². The number of morpholine rings is 1. The monoisotopic (exact) mass is 294 g/mol. The number of benzene rings is 1. The molecule has 6 heteroatoms. The molecule has 1 fully saturated rings. The molecule has 0 radical (unpaired) electrons. The average molecular weight is 294 g/mol. The summed E-state index contributed by atoms with van der Waals surface area (Å²) >= 11 is 0. The number of aromatic hydroxyl groups is 1. The number of hydrogen-bond acceptors (Lipinski definition) is 5. The van der Waals surface area contributed by atoms with Crippen molar-refractivity contribution in [3.8, 4) is 11.5 Å². The fourth-order valence-electron chi connectivity index (χ4n) is 2.32. The van der Waals surface area contributed by atoms with Crippen LogP contribution < -0.4 is 10.1 Å². The number of nitrogens with one attached hydrogen (secondary N) is 1. The highest BCUT2D eigenvalue weighted by Gasteiger charge is 2.20. The van der Waals surface area contributed by atoms with Crippen LogP contribution >= 0.6 is 0 Å². The minimum absolute atomic E-state index is 0.0111. The third-order valence-electron chi connectivity index (χ3n) is 3.61. The summed E-state index contributed by atoms with van der Waals surface area (Å²) < 4.78 is 10.6. The lowest BCUT2D eigenvalue weighted by molar-refractivity contribution is -0.0246. The van der Waals surface area contributed by atoms with E-state index in [1.807, 2.05) is 0 Å². The summed E-state index contributed by atoms with van der Waals surface area (Å²) in [4.78, 5) is 14.4. The van der Waals surface area contributed by atoms with Crippen LogP contribution in [0, 0.1) is 0 Å². The van der Waals surface area contributed by atoms with E-state index in [2.05, 4.69) is 17.1 Å². The largest absolute Gasteiger partial charge is 0.507 e. The van der Waals surface area contributed by atoms with Crippen molar-refractivity contribution >= 4 is 5.91 Å². The molecule has 1 unspecified atom stereocenters. The van der Waals surface area contributed by atoms with Crippen LogP contribution in [0.4, 0.5) is 0 Å². The van der Waals surface area contributed by atoms with E-state index in [-0.39, 0.29) is 23.3 Å². The van der Waals surface area contributed by atoms with Crippen molar-refractivity contribution in [3.63, 3.8) is 0 Å². The van der Waals surface area contributed by atoms with Crippen molar-refractivity contribution in [2.75, 3.05) is 39.9 Å². The topological polar surface area (TPSA) is 71.0 Å². The first kappa shape index (κ1) is 15.6. The van der Waals surface area contributed by atoms with E-state index in [9.17, 15) is 9.90 Å². The van der Waals surface area contributed by atoms with E-state index in [0.29, 0.717) is 18.9 Å². The summed E-state index contributed by atoms with van der Waals surface area (Å²) in [7, 11) is 1.51. The lowest BCUT2D eigenvalue weighted by Gasteiger charge is -2.32. The van der Waals surface area contributed by atoms with Gasteiger partial charge in [-0.05, 0) is 18.7 Å². The van der Waals surface area contributed by atoms with Crippen LogP contribution in [0.15, 0.2) is 18.2 Å². The molecule has 1 amide bonds. The van der Waals surface area contributed by atoms with Gasteiger partial charge in [-0.25, -0.2) is 0 Å². The molecule has 0 aromatic heterocycles. The Morgan fingerprint density at radius 1 is 1.57 bits per heavy atom. The Labute approximate surface area is 124 Å². The quantitative estimate of drug-likeness (QED) is 0.842. The fraction of sp³-hybridized carbons (Fsp3) is 0.533. The summed E-state index contributed by atoms with van der Waals surface area (Å²) in [5, 5.41) is 12.6. The number of rotatable bonds is 5. The van der Waals surface area contributed by atoms with Gasteiger partial charge >= 0.3 is 0 Å². The molecule has 116 valence electrons. The zero-order chi connectivity index (χ0) is 15.2. The second-order valence-electron chi connectivity index (χ2n) is 4.98. The standard InChI is InChI=1S/C15H22N2O4/c1-3-17-6-7-21-12(10-17)9-16-15(19)13-5-4-11(20-2)8-14(13)18/h4-5,8,12,18H,3,6-7,9-10H2,1-2H3,(H,16,19). The Kier molecular flexibility index (Phi) is 5.41. The molecule has 1 aromatic rings. The molecular weight excluding hydrogens is 272 g/mol. The van der Waals surface area contributed by atoms with Gasteiger partial charge in [0.05, 0.1) is 25.4 Å². The van der Waals surface area contributed by atoms with Gasteiger partial charge in [-0.3, -0.25) is 9.69 Å². The van der Waals surface area contributed by atoms with Gasteiger partial charge in [0.1, 0.15) is 11.5 Å². The molecule has 1 aliphatic heterocycles. The lowest BCUT2D eigenvalue weighted by Crippen LogP contribution is -2.47. The highest BCUT2D eigenvalue weighted by molar-refractivity contribution is 5.97. The van der Waals surface area contributed by atoms with E-state index >= 15 is 0 Å². The number of likely N-dealkylation sites (N-methyl/N-ethyl adjacent to an activating group) is 1. The molecule has 6 nitrogen and oxygen atoms in total. The van der Waals surface area contributed by atoms with Crippen LogP contribution in [0.2, 0.25) is 0 Å². The van der Waals surface area contributed by atoms with Gasteiger partial charge in [0.25, 0.3) is 5.91 Å². The number of phenols is 1. The molecule has 1 aromatic carbocycles. The van der Waals surface area contributed by atoms with Gasteiger partial charge in [-0.15, -0.1) is 0 Å². The molecule has 1 aliphatic rings. The van der Waals surface area contributed by atoms with Gasteiger partial charge in [0.2, 0.25) is 0 Å². The van der Waals surface area contributed by atoms with Crippen molar-refractivity contribution in [3.05, 3.63) is 23.8 Å². The van der Waals surface area contributed by atoms with Crippen LogP contribution in [-0.2, 0) is 4.74 Å². The van der Waals surface area contributed by atoms with E-state index < -0.39 is 0 Å². The Bertz CT molecular complexity index is 493. The highest BCUT2D eigenvalue weighted by Crippen LogP contribution is 2.23. The number of nitrogens with zero attached hydrogens (tertiary/aromatic N) is 1. The number of amides is 1. The number of ether oxygens (including phenoxy) is 2. The second kappa shape index (κ2) is 7.28. The van der Waals surface area contributed by atoms with Crippen LogP contribution in [-0.4, -0.2) is 61.9 Å². The van der Waals surface area contributed by atoms with Crippen molar-refractivity contribution in [2.45, 2.75) is 13.0 Å². The third-order valence-corrected chi connectivity index (χ3v) is 3.61. The first-order valence-corrected chi connectivity index (χ1v) is 7.13. The summed E-state index contributed by atoms with van der Waals surface area (Å²) in [6.07, 6.45) is -0.0111. The van der Waals surface area contributed by atoms with Gasteiger partial charge in [0, 0.05) is 25.7 Å². The van der Waals surface area contributed by atoms with Crippen molar-refractivity contribution < 1.29 is 19.4 Å². The Balaban J connectivity index is 1.89. The predicted octanol–water partition coefficient (Wildman–Crippen LogP) is 0.851. The van der Waals surface area contributed by atoms with E-state index in [0.717, 1.165) is 19.6 Å². The van der Waals surface area contributed by atoms with E-state index in [4.69, 9.17) is 9.47 Å². The van der Waals surface area contributed by atoms with Crippen molar-refractivity contribution in [1.82, 2.24) is 10.2 Å². The number of phenolic OH excluding ortho intramolecular Hbond substituents is 1. The molecule has 2 rings (SSSR count). The normalized spacial score (nSPS) is 19.2. The molecule has 0 spiro atoms. The minimum atomic E-state index is -0.313. The summed E-state index contributed by atoms with van der Waals surface area (Å²) in [5.74, 6) is 0.109. The van der Waals surface area contributed by atoms with E-state index in [1.54, 1.807) is 12.1 Å².